The number of hydrogen-bond donors (Lipinski definition) is 6. The average Bonchev–Trinajstić information content (AvgIpc) is 3.85. The maximum Gasteiger partial charge on any atom is 0.160 e. The topological polar surface area (TPSA) is 154 Å². The van der Waals surface area contributed by atoms with Crippen molar-refractivity contribution in [2.24, 2.45) is 58.0 Å². The van der Waals surface area contributed by atoms with E-state index in [1.54, 1.807) is 13.2 Å². The Hall–Kier alpha value is -4.62. The molecule has 0 radical (unpaired) electrons. The van der Waals surface area contributed by atoms with E-state index in [9.17, 15) is 24.9 Å². The SMILES string of the molecule is COc1cc2c(cc1O)C(CCC(O)C(CCC(C)C)C(C1=CCNC(N)=C1)c1ccc3ccccc3c1)C#CC1(CCC(C3CCC4C5CCC(=O)CC5NCC4C34CCCC4)CC1O)C(=O)CC2. The highest BCUT2D eigenvalue weighted by atomic mass is 16.5. The van der Waals surface area contributed by atoms with Crippen molar-refractivity contribution in [3.05, 3.63) is 94.8 Å². The van der Waals surface area contributed by atoms with Gasteiger partial charge in [0.15, 0.2) is 17.3 Å². The number of Topliss-reactive ketones (excluding diaryl/α,β-unsaturated/α-hetero) is 2. The highest BCUT2D eigenvalue weighted by molar-refractivity contribution is 5.89. The zero-order valence-corrected chi connectivity index (χ0v) is 42.1. The number of aliphatic hydroxyl groups is 2. The molecule has 7 N–H and O–H groups in total. The number of aryl methyl sites for hydroxylation is 1. The molecule has 0 amide bonds. The fourth-order valence-electron chi connectivity index (χ4n) is 15.9. The van der Waals surface area contributed by atoms with Crippen LogP contribution in [0, 0.1) is 64.1 Å². The van der Waals surface area contributed by atoms with Crippen LogP contribution in [0.15, 0.2) is 78.1 Å². The number of nitrogens with one attached hydrogen (secondary N) is 2. The van der Waals surface area contributed by atoms with E-state index in [1.165, 1.54) is 43.9 Å². The van der Waals surface area contributed by atoms with Gasteiger partial charge in [0.2, 0.25) is 0 Å². The number of ketones is 2. The van der Waals surface area contributed by atoms with E-state index < -0.39 is 23.5 Å². The number of aliphatic hydroxyl groups excluding tert-OH is 2. The van der Waals surface area contributed by atoms with Crippen LogP contribution in [-0.2, 0) is 16.0 Å². The molecule has 7 aliphatic rings. The van der Waals surface area contributed by atoms with Crippen molar-refractivity contribution in [1.82, 2.24) is 10.6 Å². The van der Waals surface area contributed by atoms with Crippen molar-refractivity contribution < 1.29 is 29.6 Å². The first-order valence-electron chi connectivity index (χ1n) is 27.3. The summed E-state index contributed by atoms with van der Waals surface area (Å²) < 4.78 is 5.62. The molecule has 2 aliphatic heterocycles. The molecule has 10 rings (SSSR count). The molecule has 4 saturated carbocycles. The van der Waals surface area contributed by atoms with Gasteiger partial charge in [-0.1, -0.05) is 93.5 Å². The number of nitrogens with two attached hydrogens (primary N) is 1. The molecule has 3 aromatic carbocycles. The van der Waals surface area contributed by atoms with Gasteiger partial charge in [-0.3, -0.25) is 9.59 Å². The summed E-state index contributed by atoms with van der Waals surface area (Å²) in [4.78, 5) is 27.3. The van der Waals surface area contributed by atoms with E-state index in [4.69, 9.17) is 10.5 Å². The zero-order valence-electron chi connectivity index (χ0n) is 42.1. The maximum absolute atomic E-state index is 14.8. The molecule has 374 valence electrons. The van der Waals surface area contributed by atoms with Gasteiger partial charge in [0.25, 0.3) is 0 Å². The number of piperidine rings is 1. The third-order valence-electron chi connectivity index (χ3n) is 19.4. The monoisotopic (exact) mass is 950 g/mol. The Kier molecular flexibility index (Phi) is 14.3. The Balaban J connectivity index is 0.943. The smallest absolute Gasteiger partial charge is 0.160 e. The second-order valence-corrected chi connectivity index (χ2v) is 23.4. The average molecular weight is 950 g/mol. The van der Waals surface area contributed by atoms with Crippen LogP contribution in [0.1, 0.15) is 152 Å². The van der Waals surface area contributed by atoms with Crippen LogP contribution >= 0.6 is 0 Å². The number of fused-ring (bicyclic) bond motifs is 6. The van der Waals surface area contributed by atoms with E-state index in [1.807, 2.05) is 12.1 Å². The Bertz CT molecular complexity index is 2550. The molecular weight excluding hydrogens is 871 g/mol. The van der Waals surface area contributed by atoms with Gasteiger partial charge in [0, 0.05) is 43.7 Å². The highest BCUT2D eigenvalue weighted by Crippen LogP contribution is 2.64. The number of dihydropyridines is 1. The third-order valence-corrected chi connectivity index (χ3v) is 19.4. The van der Waals surface area contributed by atoms with Crippen molar-refractivity contribution in [1.29, 1.82) is 0 Å². The predicted molar refractivity (Wildman–Crippen MR) is 277 cm³/mol. The van der Waals surface area contributed by atoms with E-state index >= 15 is 0 Å². The first kappa shape index (κ1) is 49.0. The van der Waals surface area contributed by atoms with Gasteiger partial charge in [0.1, 0.15) is 11.2 Å². The molecular formula is C61H79N3O6. The molecule has 9 nitrogen and oxygen atoms in total. The first-order chi connectivity index (χ1) is 33.9. The summed E-state index contributed by atoms with van der Waals surface area (Å²) >= 11 is 0. The number of phenolic OH excluding ortho intramolecular Hbond substituents is 1. The lowest BCUT2D eigenvalue weighted by Gasteiger charge is -2.60. The Morgan fingerprint density at radius 3 is 2.49 bits per heavy atom. The Labute approximate surface area is 416 Å². The molecule has 2 spiro atoms. The van der Waals surface area contributed by atoms with Gasteiger partial charge < -0.3 is 36.4 Å². The van der Waals surface area contributed by atoms with Gasteiger partial charge in [-0.2, -0.15) is 0 Å². The first-order valence-corrected chi connectivity index (χ1v) is 27.3. The van der Waals surface area contributed by atoms with Crippen LogP contribution < -0.4 is 21.1 Å². The summed E-state index contributed by atoms with van der Waals surface area (Å²) in [6, 6.07) is 19.0. The number of carbonyl (C=O) groups is 2. The largest absolute Gasteiger partial charge is 0.504 e. The quantitative estimate of drug-likeness (QED) is 0.0974. The minimum atomic E-state index is -1.18. The molecule has 12 atom stereocenters. The van der Waals surface area contributed by atoms with Crippen LogP contribution in [0.25, 0.3) is 10.8 Å². The van der Waals surface area contributed by atoms with Crippen molar-refractivity contribution in [3.8, 4) is 23.3 Å². The van der Waals surface area contributed by atoms with Crippen LogP contribution in [0.2, 0.25) is 0 Å². The number of methoxy groups -OCH3 is 1. The number of hydrogen-bond acceptors (Lipinski definition) is 9. The summed E-state index contributed by atoms with van der Waals surface area (Å²) in [6.07, 6.45) is 17.9. The normalized spacial score (nSPS) is 31.9. The van der Waals surface area contributed by atoms with Crippen molar-refractivity contribution in [2.45, 2.75) is 160 Å². The summed E-state index contributed by atoms with van der Waals surface area (Å²) in [5.74, 6) is 11.1. The summed E-state index contributed by atoms with van der Waals surface area (Å²) in [5, 5.41) is 46.1. The molecule has 5 aliphatic carbocycles. The van der Waals surface area contributed by atoms with Crippen LogP contribution in [0.5, 0.6) is 11.5 Å². The van der Waals surface area contributed by atoms with Gasteiger partial charge in [0.05, 0.1) is 25.1 Å². The lowest BCUT2D eigenvalue weighted by atomic mass is 9.47. The molecule has 12 unspecified atom stereocenters. The molecule has 9 heteroatoms. The standard InChI is InChI=1S/C61H79N3O6/c1-37(2)10-16-48(59(44-24-29-63-58(62)33-44)43-12-11-38-8-4-5-9-40(38)30-43)53(66)20-13-39-22-27-61(56(68)21-14-41-31-55(70-3)54(67)35-49(39)41)28-23-42(32-57(61)69)50-19-18-46-47-17-15-45(65)34-52(47)64-36-51(46)60(50)25-6-7-26-60/h4-5,8-9,11-12,24,30-31,33,35,37,39,42,46-48,50-53,57,59,63-64,66-67,69H,6-7,10,13-21,23,25-26,28-29,32,34,36,62H2,1-3H3. The fraction of sp³-hybridized carbons (Fsp3) is 0.607. The Morgan fingerprint density at radius 2 is 1.71 bits per heavy atom. The third kappa shape index (κ3) is 9.35. The van der Waals surface area contributed by atoms with Crippen molar-refractivity contribution >= 4 is 22.3 Å². The number of ether oxygens (including phenoxy) is 1. The number of allylic oxidation sites excluding steroid dienone is 2. The van der Waals surface area contributed by atoms with Crippen molar-refractivity contribution in [3.63, 3.8) is 0 Å². The lowest BCUT2D eigenvalue weighted by molar-refractivity contribution is -0.140. The van der Waals surface area contributed by atoms with E-state index in [0.29, 0.717) is 104 Å². The second-order valence-electron chi connectivity index (χ2n) is 23.4. The van der Waals surface area contributed by atoms with E-state index in [-0.39, 0.29) is 35.2 Å². The van der Waals surface area contributed by atoms with Gasteiger partial charge in [-0.15, -0.1) is 0 Å². The van der Waals surface area contributed by atoms with Crippen LogP contribution in [0.4, 0.5) is 0 Å². The van der Waals surface area contributed by atoms with Crippen LogP contribution in [-0.4, -0.2) is 65.3 Å². The number of aromatic hydroxyl groups is 1. The minimum Gasteiger partial charge on any atom is -0.504 e. The van der Waals surface area contributed by atoms with Crippen LogP contribution in [0.3, 0.4) is 0 Å². The molecule has 5 fully saturated rings. The number of benzene rings is 3. The minimum absolute atomic E-state index is 0.00725. The molecule has 0 aromatic heterocycles. The fourth-order valence-corrected chi connectivity index (χ4v) is 15.9. The number of rotatable bonds is 12. The predicted octanol–water partition coefficient (Wildman–Crippen LogP) is 10.2. The second kappa shape index (κ2) is 20.5. The van der Waals surface area contributed by atoms with E-state index in [2.05, 4.69) is 84.9 Å². The van der Waals surface area contributed by atoms with Crippen molar-refractivity contribution in [2.75, 3.05) is 20.2 Å². The van der Waals surface area contributed by atoms with Gasteiger partial charge >= 0.3 is 0 Å². The molecule has 0 bridgehead atoms. The molecule has 70 heavy (non-hydrogen) atoms. The number of phenols is 1. The molecule has 2 heterocycles. The van der Waals surface area contributed by atoms with E-state index in [0.717, 1.165) is 66.3 Å². The lowest BCUT2D eigenvalue weighted by Crippen LogP contribution is -2.61. The van der Waals surface area contributed by atoms with Gasteiger partial charge in [-0.05, 0) is 182 Å². The molecule has 1 saturated heterocycles. The molecule has 3 aromatic rings. The maximum atomic E-state index is 14.8. The highest BCUT2D eigenvalue weighted by Gasteiger charge is 2.60. The van der Waals surface area contributed by atoms with Gasteiger partial charge in [-0.25, -0.2) is 0 Å². The summed E-state index contributed by atoms with van der Waals surface area (Å²) in [7, 11) is 1.55. The zero-order chi connectivity index (χ0) is 48.7. The summed E-state index contributed by atoms with van der Waals surface area (Å²) in [5.41, 5.74) is 9.54. The summed E-state index contributed by atoms with van der Waals surface area (Å²) in [6.45, 7) is 6.09. The Morgan fingerprint density at radius 1 is 0.900 bits per heavy atom. The number of carbonyl (C=O) groups excluding carboxylic acids is 2.